The number of hydrogen-bond acceptors (Lipinski definition) is 5. The van der Waals surface area contributed by atoms with Gasteiger partial charge in [-0.25, -0.2) is 4.39 Å². The highest BCUT2D eigenvalue weighted by Gasteiger charge is 2.42. The third-order valence-electron chi connectivity index (χ3n) is 6.13. The van der Waals surface area contributed by atoms with E-state index >= 15 is 0 Å². The Kier molecular flexibility index (Phi) is 5.46. The van der Waals surface area contributed by atoms with Crippen molar-refractivity contribution >= 4 is 23.1 Å². The van der Waals surface area contributed by atoms with Crippen molar-refractivity contribution in [1.29, 1.82) is 0 Å². The van der Waals surface area contributed by atoms with Crippen molar-refractivity contribution < 1.29 is 18.4 Å². The molecule has 33 heavy (non-hydrogen) atoms. The molecule has 1 saturated heterocycles. The molecule has 0 unspecified atom stereocenters. The van der Waals surface area contributed by atoms with Crippen LogP contribution in [0.5, 0.6) is 0 Å². The minimum Gasteiger partial charge on any atom is -0.467 e. The van der Waals surface area contributed by atoms with E-state index in [0.717, 1.165) is 18.8 Å². The van der Waals surface area contributed by atoms with Crippen molar-refractivity contribution in [3.8, 4) is 0 Å². The Morgan fingerprint density at radius 3 is 2.27 bits per heavy atom. The minimum absolute atomic E-state index is 0.0577. The number of hydrogen-bond donors (Lipinski definition) is 0. The molecule has 1 aromatic heterocycles. The summed E-state index contributed by atoms with van der Waals surface area (Å²) in [6.45, 7) is 4.77. The third kappa shape index (κ3) is 4.02. The Balaban J connectivity index is 1.45. The molecule has 0 spiro atoms. The highest BCUT2D eigenvalue weighted by molar-refractivity contribution is 6.35. The first-order chi connectivity index (χ1) is 16.0. The fourth-order valence-electron chi connectivity index (χ4n) is 4.45. The maximum Gasteiger partial charge on any atom is 0.278 e. The predicted octanol–water partition coefficient (Wildman–Crippen LogP) is 3.83. The molecule has 3 heterocycles. The van der Waals surface area contributed by atoms with Gasteiger partial charge in [-0.3, -0.25) is 14.5 Å². The van der Waals surface area contributed by atoms with Gasteiger partial charge in [0.15, 0.2) is 0 Å². The first-order valence-corrected chi connectivity index (χ1v) is 11.0. The number of carbonyl (C=O) groups is 2. The number of anilines is 1. The topological polar surface area (TPSA) is 57.0 Å². The van der Waals surface area contributed by atoms with Crippen LogP contribution < -0.4 is 4.90 Å². The van der Waals surface area contributed by atoms with Crippen molar-refractivity contribution in [1.82, 2.24) is 9.80 Å². The second-order valence-corrected chi connectivity index (χ2v) is 8.32. The lowest BCUT2D eigenvalue weighted by molar-refractivity contribution is -0.138. The van der Waals surface area contributed by atoms with E-state index in [2.05, 4.69) is 30.0 Å². The molecule has 0 radical (unpaired) electrons. The molecule has 1 fully saturated rings. The SMILES string of the molecule is Cc1cccc(N2CCN(C3=C(c4ccc(F)cc4)C(=O)N(Cc4ccco4)C3=O)CC2)c1. The normalized spacial score (nSPS) is 16.8. The van der Waals surface area contributed by atoms with Crippen LogP contribution in [0.3, 0.4) is 0 Å². The monoisotopic (exact) mass is 445 g/mol. The zero-order valence-corrected chi connectivity index (χ0v) is 18.3. The van der Waals surface area contributed by atoms with Gasteiger partial charge in [0.05, 0.1) is 18.4 Å². The van der Waals surface area contributed by atoms with Crippen LogP contribution in [0.2, 0.25) is 0 Å². The lowest BCUT2D eigenvalue weighted by Crippen LogP contribution is -2.47. The Morgan fingerprint density at radius 1 is 0.879 bits per heavy atom. The number of aryl methyl sites for hydroxylation is 1. The highest BCUT2D eigenvalue weighted by atomic mass is 19.1. The summed E-state index contributed by atoms with van der Waals surface area (Å²) in [6, 6.07) is 17.5. The lowest BCUT2D eigenvalue weighted by atomic mass is 10.0. The zero-order chi connectivity index (χ0) is 22.9. The largest absolute Gasteiger partial charge is 0.467 e. The molecule has 0 atom stereocenters. The minimum atomic E-state index is -0.392. The van der Waals surface area contributed by atoms with Crippen molar-refractivity contribution in [3.63, 3.8) is 0 Å². The summed E-state index contributed by atoms with van der Waals surface area (Å²) in [6.07, 6.45) is 1.51. The average Bonchev–Trinajstić information content (AvgIpc) is 3.42. The molecule has 2 aliphatic heterocycles. The predicted molar refractivity (Wildman–Crippen MR) is 123 cm³/mol. The van der Waals surface area contributed by atoms with Crippen LogP contribution in [0.15, 0.2) is 77.0 Å². The Bertz CT molecular complexity index is 1210. The summed E-state index contributed by atoms with van der Waals surface area (Å²) in [7, 11) is 0. The molecule has 2 amide bonds. The van der Waals surface area contributed by atoms with E-state index in [0.29, 0.717) is 35.7 Å². The molecular weight excluding hydrogens is 421 g/mol. The zero-order valence-electron chi connectivity index (χ0n) is 18.3. The third-order valence-corrected chi connectivity index (χ3v) is 6.13. The van der Waals surface area contributed by atoms with Gasteiger partial charge in [-0.1, -0.05) is 24.3 Å². The summed E-state index contributed by atoms with van der Waals surface area (Å²) in [4.78, 5) is 32.3. The van der Waals surface area contributed by atoms with Gasteiger partial charge in [-0.15, -0.1) is 0 Å². The van der Waals surface area contributed by atoms with Crippen molar-refractivity contribution in [2.24, 2.45) is 0 Å². The molecule has 168 valence electrons. The average molecular weight is 445 g/mol. The number of rotatable bonds is 5. The van der Waals surface area contributed by atoms with E-state index in [4.69, 9.17) is 4.42 Å². The number of furan rings is 1. The summed E-state index contributed by atoms with van der Waals surface area (Å²) >= 11 is 0. The first kappa shape index (κ1) is 21.0. The maximum atomic E-state index is 13.6. The number of carbonyl (C=O) groups excluding carboxylic acids is 2. The molecule has 0 bridgehead atoms. The summed E-state index contributed by atoms with van der Waals surface area (Å²) in [5.41, 5.74) is 3.57. The molecule has 3 aromatic rings. The van der Waals surface area contributed by atoms with Crippen LogP contribution in [-0.4, -0.2) is 47.8 Å². The lowest BCUT2D eigenvalue weighted by Gasteiger charge is -2.37. The van der Waals surface area contributed by atoms with Gasteiger partial charge in [0.2, 0.25) is 0 Å². The van der Waals surface area contributed by atoms with Crippen LogP contribution in [0.1, 0.15) is 16.9 Å². The highest BCUT2D eigenvalue weighted by Crippen LogP contribution is 2.33. The molecule has 0 aliphatic carbocycles. The summed E-state index contributed by atoms with van der Waals surface area (Å²) < 4.78 is 18.9. The van der Waals surface area contributed by atoms with E-state index in [-0.39, 0.29) is 18.4 Å². The quantitative estimate of drug-likeness (QED) is 0.559. The van der Waals surface area contributed by atoms with E-state index in [1.165, 1.54) is 28.9 Å². The molecule has 2 aromatic carbocycles. The fraction of sp³-hybridized carbons (Fsp3) is 0.231. The Labute approximate surface area is 191 Å². The number of halogens is 1. The second kappa shape index (κ2) is 8.58. The van der Waals surface area contributed by atoms with E-state index < -0.39 is 5.82 Å². The number of imide groups is 1. The molecule has 2 aliphatic rings. The van der Waals surface area contributed by atoms with Crippen LogP contribution in [0.25, 0.3) is 5.57 Å². The van der Waals surface area contributed by atoms with Gasteiger partial charge in [-0.2, -0.15) is 0 Å². The van der Waals surface area contributed by atoms with Gasteiger partial charge >= 0.3 is 0 Å². The van der Waals surface area contributed by atoms with Crippen LogP contribution in [0, 0.1) is 12.7 Å². The van der Waals surface area contributed by atoms with Crippen LogP contribution >= 0.6 is 0 Å². The number of nitrogens with zero attached hydrogens (tertiary/aromatic N) is 3. The number of piperazine rings is 1. The molecule has 0 N–H and O–H groups in total. The van der Waals surface area contributed by atoms with E-state index in [1.54, 1.807) is 24.3 Å². The van der Waals surface area contributed by atoms with Crippen LogP contribution in [0.4, 0.5) is 10.1 Å². The second-order valence-electron chi connectivity index (χ2n) is 8.32. The first-order valence-electron chi connectivity index (χ1n) is 11.0. The maximum absolute atomic E-state index is 13.6. The standard InChI is InChI=1S/C26H24FN3O3/c1-18-4-2-5-21(16-18)28-11-13-29(14-12-28)24-23(19-7-9-20(27)10-8-19)25(31)30(26(24)32)17-22-6-3-15-33-22/h2-10,15-16H,11-14,17H2,1H3. The number of amides is 2. The van der Waals surface area contributed by atoms with Crippen LogP contribution in [-0.2, 0) is 16.1 Å². The van der Waals surface area contributed by atoms with Gasteiger partial charge < -0.3 is 14.2 Å². The smallest absolute Gasteiger partial charge is 0.278 e. The Morgan fingerprint density at radius 2 is 1.61 bits per heavy atom. The molecule has 5 rings (SSSR count). The molecule has 0 saturated carbocycles. The van der Waals surface area contributed by atoms with E-state index in [9.17, 15) is 14.0 Å². The number of benzene rings is 2. The van der Waals surface area contributed by atoms with Gasteiger partial charge in [0.1, 0.15) is 17.3 Å². The van der Waals surface area contributed by atoms with Gasteiger partial charge in [0, 0.05) is 31.9 Å². The Hall–Kier alpha value is -3.87. The molecule has 7 heteroatoms. The van der Waals surface area contributed by atoms with Crippen molar-refractivity contribution in [2.45, 2.75) is 13.5 Å². The molecule has 6 nitrogen and oxygen atoms in total. The van der Waals surface area contributed by atoms with E-state index in [1.807, 2.05) is 11.0 Å². The molecular formula is C26H24FN3O3. The van der Waals surface area contributed by atoms with Crippen molar-refractivity contribution in [2.75, 3.05) is 31.1 Å². The van der Waals surface area contributed by atoms with Gasteiger partial charge in [0.25, 0.3) is 11.8 Å². The van der Waals surface area contributed by atoms with Crippen molar-refractivity contribution in [3.05, 3.63) is 95.3 Å². The fourth-order valence-corrected chi connectivity index (χ4v) is 4.45. The van der Waals surface area contributed by atoms with Gasteiger partial charge in [-0.05, 0) is 54.4 Å². The summed E-state index contributed by atoms with van der Waals surface area (Å²) in [5, 5.41) is 0. The summed E-state index contributed by atoms with van der Waals surface area (Å²) in [5.74, 6) is -0.601.